The summed E-state index contributed by atoms with van der Waals surface area (Å²) >= 11 is 0. The van der Waals surface area contributed by atoms with Gasteiger partial charge in [0.15, 0.2) is 0 Å². The van der Waals surface area contributed by atoms with Gasteiger partial charge >= 0.3 is 0 Å². The zero-order chi connectivity index (χ0) is 25.9. The van der Waals surface area contributed by atoms with Gasteiger partial charge in [-0.3, -0.25) is 9.69 Å². The average Bonchev–Trinajstić information content (AvgIpc) is 3.52. The minimum atomic E-state index is 0.0504. The van der Waals surface area contributed by atoms with Crippen molar-refractivity contribution in [2.75, 3.05) is 39.9 Å². The number of fused-ring (bicyclic) bond motifs is 1. The summed E-state index contributed by atoms with van der Waals surface area (Å²) in [5.74, 6) is 0.943. The SMILES string of the molecule is Cc1cc(-c2nc(C#N)nc3c2ccn3C)cnc1OCCOC1CCN(C(=O)[C@@H]2CCCN2C)CC1. The van der Waals surface area contributed by atoms with E-state index in [2.05, 4.69) is 19.9 Å². The van der Waals surface area contributed by atoms with Crippen LogP contribution in [0, 0.1) is 18.3 Å². The molecule has 37 heavy (non-hydrogen) atoms. The molecule has 2 aliphatic heterocycles. The maximum Gasteiger partial charge on any atom is 0.239 e. The van der Waals surface area contributed by atoms with Crippen LogP contribution in [0.4, 0.5) is 0 Å². The van der Waals surface area contributed by atoms with Crippen molar-refractivity contribution >= 4 is 16.9 Å². The molecule has 2 saturated heterocycles. The van der Waals surface area contributed by atoms with Gasteiger partial charge < -0.3 is 18.9 Å². The number of carbonyl (C=O) groups excluding carboxylic acids is 1. The molecule has 10 nitrogen and oxygen atoms in total. The van der Waals surface area contributed by atoms with Crippen LogP contribution in [0.1, 0.15) is 37.1 Å². The van der Waals surface area contributed by atoms with Crippen LogP contribution in [-0.4, -0.2) is 87.3 Å². The second kappa shape index (κ2) is 10.8. The maximum atomic E-state index is 12.8. The van der Waals surface area contributed by atoms with E-state index in [-0.39, 0.29) is 23.9 Å². The van der Waals surface area contributed by atoms with Crippen molar-refractivity contribution in [2.24, 2.45) is 7.05 Å². The van der Waals surface area contributed by atoms with Crippen molar-refractivity contribution < 1.29 is 14.3 Å². The Bertz CT molecular complexity index is 1320. The molecule has 1 atom stereocenters. The van der Waals surface area contributed by atoms with Gasteiger partial charge in [-0.2, -0.15) is 5.26 Å². The van der Waals surface area contributed by atoms with Gasteiger partial charge in [0.1, 0.15) is 18.3 Å². The van der Waals surface area contributed by atoms with Gasteiger partial charge in [0.2, 0.25) is 17.6 Å². The van der Waals surface area contributed by atoms with Gasteiger partial charge in [0, 0.05) is 49.0 Å². The average molecular weight is 504 g/mol. The number of likely N-dealkylation sites (N-methyl/N-ethyl adjacent to an activating group) is 1. The van der Waals surface area contributed by atoms with Gasteiger partial charge in [-0.05, 0) is 58.3 Å². The number of likely N-dealkylation sites (tertiary alicyclic amines) is 2. The number of aromatic nitrogens is 4. The van der Waals surface area contributed by atoms with Crippen LogP contribution in [0.15, 0.2) is 24.5 Å². The van der Waals surface area contributed by atoms with E-state index in [0.717, 1.165) is 61.8 Å². The number of carbonyl (C=O) groups is 1. The number of nitriles is 1. The molecule has 0 aromatic carbocycles. The lowest BCUT2D eigenvalue weighted by Gasteiger charge is -2.34. The highest BCUT2D eigenvalue weighted by Crippen LogP contribution is 2.29. The topological polar surface area (TPSA) is 109 Å². The van der Waals surface area contributed by atoms with Crippen LogP contribution < -0.4 is 4.74 Å². The summed E-state index contributed by atoms with van der Waals surface area (Å²) < 4.78 is 13.8. The van der Waals surface area contributed by atoms with E-state index in [1.54, 1.807) is 6.20 Å². The van der Waals surface area contributed by atoms with Crippen LogP contribution in [0.5, 0.6) is 5.88 Å². The summed E-state index contributed by atoms with van der Waals surface area (Å²) in [4.78, 5) is 30.2. The Morgan fingerprint density at radius 3 is 2.68 bits per heavy atom. The molecule has 0 saturated carbocycles. The lowest BCUT2D eigenvalue weighted by Crippen LogP contribution is -2.48. The van der Waals surface area contributed by atoms with Crippen molar-refractivity contribution in [1.29, 1.82) is 5.26 Å². The number of ether oxygens (including phenoxy) is 2. The summed E-state index contributed by atoms with van der Waals surface area (Å²) in [6.07, 6.45) is 7.53. The normalized spacial score (nSPS) is 18.9. The molecular weight excluding hydrogens is 470 g/mol. The van der Waals surface area contributed by atoms with Crippen LogP contribution in [0.2, 0.25) is 0 Å². The fraction of sp³-hybridized carbons (Fsp3) is 0.519. The molecule has 5 heterocycles. The smallest absolute Gasteiger partial charge is 0.239 e. The molecule has 5 rings (SSSR count). The Hall–Kier alpha value is -3.55. The third-order valence-corrected chi connectivity index (χ3v) is 7.36. The van der Waals surface area contributed by atoms with Crippen molar-refractivity contribution in [3.8, 4) is 23.2 Å². The molecule has 0 bridgehead atoms. The summed E-state index contributed by atoms with van der Waals surface area (Å²) in [5.41, 5.74) is 3.07. The minimum Gasteiger partial charge on any atom is -0.475 e. The number of pyridine rings is 1. The molecule has 2 fully saturated rings. The first-order valence-corrected chi connectivity index (χ1v) is 12.9. The first-order valence-electron chi connectivity index (χ1n) is 12.9. The molecule has 1 amide bonds. The fourth-order valence-corrected chi connectivity index (χ4v) is 5.28. The van der Waals surface area contributed by atoms with Crippen LogP contribution in [0.3, 0.4) is 0 Å². The van der Waals surface area contributed by atoms with Crippen molar-refractivity contribution in [3.05, 3.63) is 35.9 Å². The number of hydrogen-bond donors (Lipinski definition) is 0. The standard InChI is InChI=1S/C27H33N7O3/c1-18-15-19(24-21-8-10-33(3)25(21)31-23(16-28)30-24)17-29-26(18)37-14-13-36-20-6-11-34(12-7-20)27(35)22-5-4-9-32(22)2/h8,10,15,17,20,22H,4-7,9,11-14H2,1-3H3/t22-/m0/s1. The highest BCUT2D eigenvalue weighted by atomic mass is 16.5. The van der Waals surface area contributed by atoms with Crippen molar-refractivity contribution in [3.63, 3.8) is 0 Å². The van der Waals surface area contributed by atoms with Crippen LogP contribution >= 0.6 is 0 Å². The molecule has 0 unspecified atom stereocenters. The fourth-order valence-electron chi connectivity index (χ4n) is 5.28. The monoisotopic (exact) mass is 503 g/mol. The second-order valence-electron chi connectivity index (χ2n) is 9.90. The molecule has 194 valence electrons. The number of hydrogen-bond acceptors (Lipinski definition) is 8. The number of amides is 1. The summed E-state index contributed by atoms with van der Waals surface area (Å²) in [6, 6.07) is 6.00. The van der Waals surface area contributed by atoms with E-state index in [1.165, 1.54) is 0 Å². The van der Waals surface area contributed by atoms with E-state index >= 15 is 0 Å². The Morgan fingerprint density at radius 2 is 1.97 bits per heavy atom. The lowest BCUT2D eigenvalue weighted by molar-refractivity contribution is -0.138. The van der Waals surface area contributed by atoms with Gasteiger partial charge in [-0.1, -0.05) is 0 Å². The molecule has 3 aromatic rings. The largest absolute Gasteiger partial charge is 0.475 e. The van der Waals surface area contributed by atoms with E-state index in [9.17, 15) is 10.1 Å². The zero-order valence-corrected chi connectivity index (χ0v) is 21.7. The summed E-state index contributed by atoms with van der Waals surface area (Å²) in [6.45, 7) is 5.32. The molecule has 3 aromatic heterocycles. The number of rotatable bonds is 7. The van der Waals surface area contributed by atoms with Crippen LogP contribution in [-0.2, 0) is 16.6 Å². The number of piperidine rings is 1. The van der Waals surface area contributed by atoms with E-state index < -0.39 is 0 Å². The highest BCUT2D eigenvalue weighted by molar-refractivity contribution is 5.91. The quantitative estimate of drug-likeness (QED) is 0.453. The van der Waals surface area contributed by atoms with Gasteiger partial charge in [-0.25, -0.2) is 15.0 Å². The third kappa shape index (κ3) is 5.29. The lowest BCUT2D eigenvalue weighted by atomic mass is 10.1. The van der Waals surface area contributed by atoms with Crippen molar-refractivity contribution in [2.45, 2.75) is 44.8 Å². The van der Waals surface area contributed by atoms with E-state index in [4.69, 9.17) is 9.47 Å². The zero-order valence-electron chi connectivity index (χ0n) is 21.7. The Balaban J connectivity index is 1.12. The van der Waals surface area contributed by atoms with Gasteiger partial charge in [0.05, 0.1) is 24.4 Å². The summed E-state index contributed by atoms with van der Waals surface area (Å²) in [7, 11) is 3.93. The maximum absolute atomic E-state index is 12.8. The predicted molar refractivity (Wildman–Crippen MR) is 138 cm³/mol. The molecular formula is C27H33N7O3. The Kier molecular flexibility index (Phi) is 7.35. The molecule has 0 N–H and O–H groups in total. The summed E-state index contributed by atoms with van der Waals surface area (Å²) in [5, 5.41) is 10.2. The Morgan fingerprint density at radius 1 is 1.16 bits per heavy atom. The van der Waals surface area contributed by atoms with Gasteiger partial charge in [-0.15, -0.1) is 0 Å². The molecule has 0 radical (unpaired) electrons. The molecule has 0 spiro atoms. The van der Waals surface area contributed by atoms with Gasteiger partial charge in [0.25, 0.3) is 0 Å². The Labute approximate surface area is 216 Å². The third-order valence-electron chi connectivity index (χ3n) is 7.36. The molecule has 0 aliphatic carbocycles. The van der Waals surface area contributed by atoms with Crippen LogP contribution in [0.25, 0.3) is 22.3 Å². The van der Waals surface area contributed by atoms with Crippen molar-refractivity contribution in [1.82, 2.24) is 29.3 Å². The first-order chi connectivity index (χ1) is 17.9. The number of nitrogens with zero attached hydrogens (tertiary/aromatic N) is 7. The molecule has 10 heteroatoms. The number of aryl methyl sites for hydroxylation is 2. The highest BCUT2D eigenvalue weighted by Gasteiger charge is 2.33. The predicted octanol–water partition coefficient (Wildman–Crippen LogP) is 2.69. The minimum absolute atomic E-state index is 0.0504. The molecule has 2 aliphatic rings. The first kappa shape index (κ1) is 25.1. The van der Waals surface area contributed by atoms with E-state index in [1.807, 2.05) is 54.9 Å². The van der Waals surface area contributed by atoms with E-state index in [0.29, 0.717) is 30.4 Å². The second-order valence-corrected chi connectivity index (χ2v) is 9.90.